The molecule has 0 saturated heterocycles. The minimum absolute atomic E-state index is 0.0778. The summed E-state index contributed by atoms with van der Waals surface area (Å²) in [6, 6.07) is 31.6. The van der Waals surface area contributed by atoms with Crippen molar-refractivity contribution in [2.45, 2.75) is 115 Å². The van der Waals surface area contributed by atoms with E-state index in [2.05, 4.69) is 76.2 Å². The Morgan fingerprint density at radius 3 is 1.60 bits per heavy atom. The van der Waals surface area contributed by atoms with Gasteiger partial charge >= 0.3 is 102 Å². The first-order valence-electron chi connectivity index (χ1n) is 17.9. The molecule has 4 aromatic carbocycles. The summed E-state index contributed by atoms with van der Waals surface area (Å²) in [5, 5.41) is 1.60. The predicted molar refractivity (Wildman–Crippen MR) is 205 cm³/mol. The van der Waals surface area contributed by atoms with Crippen LogP contribution in [0.5, 0.6) is 11.5 Å². The summed E-state index contributed by atoms with van der Waals surface area (Å²) in [7, 11) is 5.73. The van der Waals surface area contributed by atoms with Crippen LogP contribution < -0.4 is 24.5 Å². The first kappa shape index (κ1) is 36.9. The number of halogens is 1. The monoisotopic (exact) mass is 775 g/mol. The van der Waals surface area contributed by atoms with Crippen LogP contribution in [-0.4, -0.2) is 23.5 Å². The van der Waals surface area contributed by atoms with Crippen LogP contribution in [0, 0.1) is 0 Å². The van der Waals surface area contributed by atoms with Crippen LogP contribution in [0.25, 0.3) is 22.3 Å². The maximum atomic E-state index is 6.37. The average molecular weight is 777 g/mol. The fraction of sp³-hybridized carbons (Fsp3) is 0.429. The van der Waals surface area contributed by atoms with Crippen LogP contribution in [0.15, 0.2) is 91.0 Å². The quantitative estimate of drug-likeness (QED) is 0.0991. The molecule has 0 heterocycles. The van der Waals surface area contributed by atoms with Crippen molar-refractivity contribution in [3.05, 3.63) is 91.0 Å². The normalized spacial score (nSPS) is 15.8. The summed E-state index contributed by atoms with van der Waals surface area (Å²) in [4.78, 5) is 0. The van der Waals surface area contributed by atoms with Gasteiger partial charge in [0, 0.05) is 0 Å². The first-order chi connectivity index (χ1) is 23.4. The number of rotatable bonds is 10. The molecule has 0 spiro atoms. The zero-order valence-corrected chi connectivity index (χ0v) is 32.3. The molecular formula is C42H53ClNO2PPd. The Morgan fingerprint density at radius 1 is 0.604 bits per heavy atom. The van der Waals surface area contributed by atoms with Crippen LogP contribution in [0.1, 0.15) is 91.9 Å². The topological polar surface area (TPSA) is 44.5 Å². The van der Waals surface area contributed by atoms with E-state index in [9.17, 15) is 0 Å². The van der Waals surface area contributed by atoms with Crippen molar-refractivity contribution in [1.82, 2.24) is 0 Å². The number of hydrogen-bond donors (Lipinski definition) is 1. The summed E-state index contributed by atoms with van der Waals surface area (Å²) in [6.45, 7) is 8.45. The van der Waals surface area contributed by atoms with E-state index < -0.39 is 0 Å². The van der Waals surface area contributed by atoms with Crippen LogP contribution in [0.2, 0.25) is 0 Å². The van der Waals surface area contributed by atoms with Crippen molar-refractivity contribution in [2.75, 3.05) is 5.73 Å². The van der Waals surface area contributed by atoms with Crippen molar-refractivity contribution < 1.29 is 26.4 Å². The Bertz CT molecular complexity index is 1540. The fourth-order valence-corrected chi connectivity index (χ4v) is 12.6. The van der Waals surface area contributed by atoms with Crippen molar-refractivity contribution in [3.63, 3.8) is 0 Å². The summed E-state index contributed by atoms with van der Waals surface area (Å²) < 4.78 is 13.9. The summed E-state index contributed by atoms with van der Waals surface area (Å²) in [5.74, 6) is 1.91. The molecule has 2 N–H and O–H groups in total. The molecule has 6 rings (SSSR count). The molecule has 2 fully saturated rings. The Kier molecular flexibility index (Phi) is 14.3. The zero-order valence-electron chi connectivity index (χ0n) is 29.1. The van der Waals surface area contributed by atoms with Gasteiger partial charge in [-0.3, -0.25) is 0 Å². The van der Waals surface area contributed by atoms with E-state index in [0.717, 1.165) is 49.2 Å². The molecule has 2 aliphatic carbocycles. The summed E-state index contributed by atoms with van der Waals surface area (Å²) in [5.41, 5.74) is 13.2. The van der Waals surface area contributed by atoms with Crippen LogP contribution in [0.4, 0.5) is 5.69 Å². The van der Waals surface area contributed by atoms with Gasteiger partial charge in [-0.15, -0.1) is 0 Å². The number of anilines is 1. The van der Waals surface area contributed by atoms with Crippen molar-refractivity contribution >= 4 is 32.5 Å². The van der Waals surface area contributed by atoms with Gasteiger partial charge in [0.15, 0.2) is 0 Å². The first-order valence-corrected chi connectivity index (χ1v) is 22.1. The second-order valence-corrected chi connectivity index (χ2v) is 18.2. The number of ether oxygens (including phenoxy) is 2. The van der Waals surface area contributed by atoms with E-state index in [4.69, 9.17) is 24.7 Å². The van der Waals surface area contributed by atoms with E-state index in [1.54, 1.807) is 5.30 Å². The molecule has 0 atom stereocenters. The van der Waals surface area contributed by atoms with Gasteiger partial charge in [0.05, 0.1) is 17.8 Å². The zero-order chi connectivity index (χ0) is 33.9. The number of para-hydroxylation sites is 1. The number of benzene rings is 4. The predicted octanol–water partition coefficient (Wildman–Crippen LogP) is 11.5. The van der Waals surface area contributed by atoms with E-state index in [-0.39, 0.29) is 37.1 Å². The third-order valence-electron chi connectivity index (χ3n) is 9.26. The molecule has 2 saturated carbocycles. The molecule has 0 aliphatic heterocycles. The molecule has 0 aromatic heterocycles. The standard InChI is InChI=1S/C30H43O2P.C12H10N.ClH.Pd/c1-22(2)31-27-19-13-20-28(32-23(3)4)30(27)26-18-11-12-21-29(26)33(24-14-7-5-8-15-24)25-16-9-6-10-17-25;13-12-9-5-4-8-11(12)10-6-2-1-3-7-10;;/h11-13,18-25H,5-10,14-17H2,1-4H3;1-6,8-9H,13H2;1H;/q;;;+1/p-1. The van der Waals surface area contributed by atoms with E-state index in [0.29, 0.717) is 0 Å². The molecule has 4 aromatic rings. The van der Waals surface area contributed by atoms with Gasteiger partial charge in [-0.2, -0.15) is 0 Å². The fourth-order valence-electron chi connectivity index (χ4n) is 7.26. The molecule has 2 aliphatic rings. The van der Waals surface area contributed by atoms with E-state index in [1.807, 2.05) is 42.5 Å². The number of hydrogen-bond acceptors (Lipinski definition) is 3. The molecule has 0 unspecified atom stereocenters. The minimum atomic E-state index is -0.213. The molecule has 0 radical (unpaired) electrons. The Labute approximate surface area is 303 Å². The second-order valence-electron chi connectivity index (χ2n) is 13.6. The molecule has 0 bridgehead atoms. The van der Waals surface area contributed by atoms with Gasteiger partial charge in [-0.1, -0.05) is 76.8 Å². The Balaban J connectivity index is 0.000000250. The number of nitrogens with two attached hydrogens (primary N) is 1. The van der Waals surface area contributed by atoms with Gasteiger partial charge < -0.3 is 9.47 Å². The van der Waals surface area contributed by atoms with Crippen LogP contribution in [-0.2, 0) is 17.0 Å². The molecule has 48 heavy (non-hydrogen) atoms. The summed E-state index contributed by atoms with van der Waals surface area (Å²) >= 11 is 0.0778. The van der Waals surface area contributed by atoms with Gasteiger partial charge in [-0.25, -0.2) is 0 Å². The van der Waals surface area contributed by atoms with Gasteiger partial charge in [0.2, 0.25) is 0 Å². The van der Waals surface area contributed by atoms with Crippen molar-refractivity contribution in [1.29, 1.82) is 0 Å². The van der Waals surface area contributed by atoms with Gasteiger partial charge in [0.1, 0.15) is 11.5 Å². The van der Waals surface area contributed by atoms with Crippen molar-refractivity contribution in [2.24, 2.45) is 0 Å². The SMILES string of the molecule is CC(C)Oc1cccc(OC(C)C)c1-c1ccccc1P(C1CCCCC1)C1CCCCC1.Nc1ccccc1-c1cccc[c]1[Pd][Cl]. The average Bonchev–Trinajstić information content (AvgIpc) is 3.10. The Morgan fingerprint density at radius 2 is 1.08 bits per heavy atom. The van der Waals surface area contributed by atoms with E-state index >= 15 is 0 Å². The Hall–Kier alpha value is -2.34. The van der Waals surface area contributed by atoms with E-state index in [1.165, 1.54) is 69.8 Å². The molecule has 260 valence electrons. The third-order valence-corrected chi connectivity index (χ3v) is 14.6. The van der Waals surface area contributed by atoms with Crippen LogP contribution >= 0.6 is 17.5 Å². The summed E-state index contributed by atoms with van der Waals surface area (Å²) in [6.07, 6.45) is 14.4. The molecule has 3 nitrogen and oxygen atoms in total. The number of nitrogen functional groups attached to an aromatic ring is 1. The second kappa shape index (κ2) is 18.6. The maximum absolute atomic E-state index is 6.37. The molecule has 0 amide bonds. The molecule has 6 heteroatoms. The van der Waals surface area contributed by atoms with Crippen molar-refractivity contribution in [3.8, 4) is 33.8 Å². The third kappa shape index (κ3) is 9.67. The van der Waals surface area contributed by atoms with Gasteiger partial charge in [-0.05, 0) is 87.7 Å². The molecular weight excluding hydrogens is 723 g/mol. The van der Waals surface area contributed by atoms with Gasteiger partial charge in [0.25, 0.3) is 0 Å². The van der Waals surface area contributed by atoms with Crippen LogP contribution in [0.3, 0.4) is 0 Å².